The number of nitrogens with zero attached hydrogens (tertiary/aromatic N) is 3. The molecule has 0 fully saturated rings. The number of H-pyrrole nitrogens is 1. The lowest BCUT2D eigenvalue weighted by Gasteiger charge is -2.12. The summed E-state index contributed by atoms with van der Waals surface area (Å²) in [5.74, 6) is 0. The normalized spacial score (nSPS) is 11.4. The molecule has 0 atom stereocenters. The van der Waals surface area contributed by atoms with E-state index in [4.69, 9.17) is 12.2 Å². The standard InChI is InChI=1S/C20H18N8O5S3/c29-13-21-22-14-4-6-15(7-5-14)24-35(30,31)18-10-8-16(9-11-18)25-36(32,33)19-3-1-2-17(12-19)28-20(34)23-26-27-28/h1-13,22,24-25H,(H,21,29)(H,23,27,34). The van der Waals surface area contributed by atoms with E-state index in [-0.39, 0.29) is 20.2 Å². The van der Waals surface area contributed by atoms with Gasteiger partial charge in [-0.1, -0.05) is 16.4 Å². The lowest BCUT2D eigenvalue weighted by molar-refractivity contribution is -0.109. The number of amides is 1. The maximum Gasteiger partial charge on any atom is 0.261 e. The van der Waals surface area contributed by atoms with Crippen molar-refractivity contribution in [2.75, 3.05) is 14.9 Å². The zero-order chi connectivity index (χ0) is 25.8. The summed E-state index contributed by atoms with van der Waals surface area (Å²) in [4.78, 5) is 10.2. The molecule has 1 heterocycles. The van der Waals surface area contributed by atoms with Gasteiger partial charge in [0.1, 0.15) is 0 Å². The van der Waals surface area contributed by atoms with Gasteiger partial charge in [-0.15, -0.1) is 0 Å². The first-order valence-electron chi connectivity index (χ1n) is 9.99. The van der Waals surface area contributed by atoms with Crippen molar-refractivity contribution in [1.82, 2.24) is 25.6 Å². The Hall–Kier alpha value is -4.28. The number of hydrazine groups is 1. The summed E-state index contributed by atoms with van der Waals surface area (Å²) in [5.41, 5.74) is 6.30. The average Bonchev–Trinajstić information content (AvgIpc) is 3.29. The number of benzene rings is 3. The number of hydrogen-bond acceptors (Lipinski definition) is 9. The Kier molecular flexibility index (Phi) is 7.00. The summed E-state index contributed by atoms with van der Waals surface area (Å²) in [6, 6.07) is 17.3. The molecule has 13 nitrogen and oxygen atoms in total. The Bertz CT molecular complexity index is 1650. The minimum Gasteiger partial charge on any atom is -0.299 e. The molecule has 0 bridgehead atoms. The Morgan fingerprint density at radius 1 is 0.806 bits per heavy atom. The van der Waals surface area contributed by atoms with Gasteiger partial charge in [0.2, 0.25) is 11.2 Å². The predicted molar refractivity (Wildman–Crippen MR) is 134 cm³/mol. The molecule has 0 aliphatic rings. The molecule has 0 aliphatic carbocycles. The second-order valence-electron chi connectivity index (χ2n) is 7.12. The van der Waals surface area contributed by atoms with Crippen molar-refractivity contribution in [3.8, 4) is 5.69 Å². The number of aromatic amines is 1. The highest BCUT2D eigenvalue weighted by atomic mass is 32.2. The van der Waals surface area contributed by atoms with E-state index in [0.717, 1.165) is 0 Å². The zero-order valence-corrected chi connectivity index (χ0v) is 20.6. The highest BCUT2D eigenvalue weighted by molar-refractivity contribution is 7.93. The molecule has 5 N–H and O–H groups in total. The monoisotopic (exact) mass is 546 g/mol. The van der Waals surface area contributed by atoms with Gasteiger partial charge in [-0.2, -0.15) is 5.21 Å². The summed E-state index contributed by atoms with van der Waals surface area (Å²) >= 11 is 5.04. The van der Waals surface area contributed by atoms with Gasteiger partial charge < -0.3 is 0 Å². The Morgan fingerprint density at radius 2 is 1.39 bits per heavy atom. The molecular formula is C20H18N8O5S3. The fourth-order valence-corrected chi connectivity index (χ4v) is 5.36. The van der Waals surface area contributed by atoms with Crippen molar-refractivity contribution in [2.45, 2.75) is 9.79 Å². The largest absolute Gasteiger partial charge is 0.299 e. The maximum atomic E-state index is 12.9. The van der Waals surface area contributed by atoms with Crippen LogP contribution in [0.4, 0.5) is 17.1 Å². The molecule has 0 unspecified atom stereocenters. The Labute approximate surface area is 210 Å². The first-order valence-corrected chi connectivity index (χ1v) is 13.4. The number of rotatable bonds is 10. The molecule has 0 saturated carbocycles. The van der Waals surface area contributed by atoms with Gasteiger partial charge in [-0.25, -0.2) is 21.5 Å². The third-order valence-electron chi connectivity index (χ3n) is 4.69. The molecule has 16 heteroatoms. The van der Waals surface area contributed by atoms with Crippen LogP contribution in [0.1, 0.15) is 0 Å². The molecule has 0 spiro atoms. The van der Waals surface area contributed by atoms with Gasteiger partial charge in [-0.05, 0) is 78.9 Å². The second-order valence-corrected chi connectivity index (χ2v) is 10.8. The van der Waals surface area contributed by atoms with E-state index >= 15 is 0 Å². The molecule has 4 aromatic rings. The van der Waals surface area contributed by atoms with E-state index in [0.29, 0.717) is 23.5 Å². The Morgan fingerprint density at radius 3 is 1.97 bits per heavy atom. The molecule has 0 saturated heterocycles. The number of sulfonamides is 2. The van der Waals surface area contributed by atoms with Crippen molar-refractivity contribution in [3.63, 3.8) is 0 Å². The van der Waals surface area contributed by atoms with Crippen LogP contribution >= 0.6 is 12.2 Å². The molecule has 1 aromatic heterocycles. The van der Waals surface area contributed by atoms with Gasteiger partial charge in [0.25, 0.3) is 20.0 Å². The SMILES string of the molecule is O=CNNc1ccc(NS(=O)(=O)c2ccc(NS(=O)(=O)c3cccc(-n4[nH]nnc4=S)c3)cc2)cc1. The van der Waals surface area contributed by atoms with Crippen LogP contribution in [-0.4, -0.2) is 43.5 Å². The van der Waals surface area contributed by atoms with E-state index in [1.54, 1.807) is 18.2 Å². The fourth-order valence-electron chi connectivity index (χ4n) is 3.02. The molecule has 4 rings (SSSR count). The maximum absolute atomic E-state index is 12.9. The van der Waals surface area contributed by atoms with Gasteiger partial charge >= 0.3 is 0 Å². The third-order valence-corrected chi connectivity index (χ3v) is 7.73. The third kappa shape index (κ3) is 5.68. The van der Waals surface area contributed by atoms with Crippen molar-refractivity contribution in [3.05, 3.63) is 77.6 Å². The van der Waals surface area contributed by atoms with E-state index in [1.807, 2.05) is 0 Å². The van der Waals surface area contributed by atoms with Crippen LogP contribution in [0.3, 0.4) is 0 Å². The van der Waals surface area contributed by atoms with Crippen LogP contribution < -0.4 is 20.3 Å². The Balaban J connectivity index is 1.48. The lowest BCUT2D eigenvalue weighted by atomic mass is 10.3. The summed E-state index contributed by atoms with van der Waals surface area (Å²) in [7, 11) is -7.94. The summed E-state index contributed by atoms with van der Waals surface area (Å²) in [6.45, 7) is 0. The molecule has 36 heavy (non-hydrogen) atoms. The van der Waals surface area contributed by atoms with Gasteiger partial charge in [0, 0.05) is 11.4 Å². The number of nitrogens with one attached hydrogen (secondary N) is 5. The first-order chi connectivity index (χ1) is 17.2. The summed E-state index contributed by atoms with van der Waals surface area (Å²) < 4.78 is 57.5. The average molecular weight is 547 g/mol. The number of hydrogen-bond donors (Lipinski definition) is 5. The van der Waals surface area contributed by atoms with Crippen molar-refractivity contribution >= 4 is 55.7 Å². The minimum atomic E-state index is -4.00. The zero-order valence-electron chi connectivity index (χ0n) is 18.1. The molecule has 1 amide bonds. The number of anilines is 3. The number of aromatic nitrogens is 4. The van der Waals surface area contributed by atoms with Crippen LogP contribution in [0.5, 0.6) is 0 Å². The highest BCUT2D eigenvalue weighted by Crippen LogP contribution is 2.22. The molecule has 0 radical (unpaired) electrons. The van der Waals surface area contributed by atoms with Gasteiger partial charge in [0.05, 0.1) is 21.2 Å². The van der Waals surface area contributed by atoms with Crippen molar-refractivity contribution in [2.24, 2.45) is 0 Å². The van der Waals surface area contributed by atoms with E-state index in [9.17, 15) is 21.6 Å². The van der Waals surface area contributed by atoms with E-state index < -0.39 is 20.0 Å². The van der Waals surface area contributed by atoms with Crippen LogP contribution in [0.2, 0.25) is 0 Å². The number of carbonyl (C=O) groups excluding carboxylic acids is 1. The van der Waals surface area contributed by atoms with E-state index in [1.165, 1.54) is 59.3 Å². The predicted octanol–water partition coefficient (Wildman–Crippen LogP) is 2.00. The summed E-state index contributed by atoms with van der Waals surface area (Å²) in [5, 5.41) is 9.79. The highest BCUT2D eigenvalue weighted by Gasteiger charge is 2.18. The van der Waals surface area contributed by atoms with Crippen LogP contribution in [-0.2, 0) is 24.8 Å². The lowest BCUT2D eigenvalue weighted by Crippen LogP contribution is -2.18. The first kappa shape index (κ1) is 24.8. The summed E-state index contributed by atoms with van der Waals surface area (Å²) in [6.07, 6.45) is 0.465. The molecular weight excluding hydrogens is 528 g/mol. The van der Waals surface area contributed by atoms with Crippen LogP contribution in [0.15, 0.2) is 82.6 Å². The molecule has 3 aromatic carbocycles. The molecule has 0 aliphatic heterocycles. The quantitative estimate of drug-likeness (QED) is 0.113. The van der Waals surface area contributed by atoms with Crippen molar-refractivity contribution in [1.29, 1.82) is 0 Å². The minimum absolute atomic E-state index is 0.0452. The van der Waals surface area contributed by atoms with Crippen LogP contribution in [0, 0.1) is 4.77 Å². The smallest absolute Gasteiger partial charge is 0.261 e. The van der Waals surface area contributed by atoms with Gasteiger partial charge in [0.15, 0.2) is 0 Å². The second kappa shape index (κ2) is 10.1. The van der Waals surface area contributed by atoms with Gasteiger partial charge in [-0.3, -0.25) is 25.1 Å². The fraction of sp³-hybridized carbons (Fsp3) is 0. The number of carbonyl (C=O) groups is 1. The van der Waals surface area contributed by atoms with E-state index in [2.05, 4.69) is 35.8 Å². The topological polar surface area (TPSA) is 180 Å². The van der Waals surface area contributed by atoms with Crippen molar-refractivity contribution < 1.29 is 21.6 Å². The molecule has 186 valence electrons. The number of tetrazole rings is 1. The van der Waals surface area contributed by atoms with Crippen LogP contribution in [0.25, 0.3) is 5.69 Å².